The standard InChI is InChI=1S/C19H36N2O5/c1-17(2,3)15(23)12(20)11-21-13(16(24)26-19(7,8)9)10-14(22)25-18(4,5)6/h12-13,21H,10-11,20H2,1-9H3/t12-,13-/m0/s1. The van der Waals surface area contributed by atoms with Crippen LogP contribution in [0, 0.1) is 5.41 Å². The number of Topliss-reactive ketones (excluding diaryl/α,β-unsaturated/α-hetero) is 1. The smallest absolute Gasteiger partial charge is 0.324 e. The molecule has 0 aromatic heterocycles. The van der Waals surface area contributed by atoms with E-state index in [4.69, 9.17) is 15.2 Å². The fraction of sp³-hybridized carbons (Fsp3) is 0.842. The van der Waals surface area contributed by atoms with Gasteiger partial charge in [0, 0.05) is 12.0 Å². The van der Waals surface area contributed by atoms with E-state index in [-0.39, 0.29) is 18.7 Å². The van der Waals surface area contributed by atoms with Gasteiger partial charge < -0.3 is 20.5 Å². The summed E-state index contributed by atoms with van der Waals surface area (Å²) in [4.78, 5) is 36.7. The summed E-state index contributed by atoms with van der Waals surface area (Å²) in [6, 6.07) is -1.73. The van der Waals surface area contributed by atoms with Crippen molar-refractivity contribution in [3.8, 4) is 0 Å². The molecule has 152 valence electrons. The quantitative estimate of drug-likeness (QED) is 0.658. The van der Waals surface area contributed by atoms with E-state index in [0.29, 0.717) is 0 Å². The van der Waals surface area contributed by atoms with Crippen molar-refractivity contribution in [2.75, 3.05) is 6.54 Å². The van der Waals surface area contributed by atoms with Crippen molar-refractivity contribution in [2.45, 2.75) is 92.0 Å². The molecular weight excluding hydrogens is 336 g/mol. The highest BCUT2D eigenvalue weighted by atomic mass is 16.6. The highest BCUT2D eigenvalue weighted by Crippen LogP contribution is 2.16. The average Bonchev–Trinajstić information content (AvgIpc) is 2.36. The van der Waals surface area contributed by atoms with Crippen LogP contribution < -0.4 is 11.1 Å². The lowest BCUT2D eigenvalue weighted by atomic mass is 9.86. The van der Waals surface area contributed by atoms with Gasteiger partial charge in [-0.2, -0.15) is 0 Å². The second-order valence-corrected chi connectivity index (χ2v) is 9.51. The van der Waals surface area contributed by atoms with Crippen LogP contribution in [0.25, 0.3) is 0 Å². The van der Waals surface area contributed by atoms with Gasteiger partial charge >= 0.3 is 11.9 Å². The minimum atomic E-state index is -0.942. The molecule has 0 heterocycles. The van der Waals surface area contributed by atoms with Crippen LogP contribution >= 0.6 is 0 Å². The van der Waals surface area contributed by atoms with Gasteiger partial charge in [-0.15, -0.1) is 0 Å². The first-order valence-corrected chi connectivity index (χ1v) is 8.90. The van der Waals surface area contributed by atoms with Crippen LogP contribution in [0.1, 0.15) is 68.7 Å². The Morgan fingerprint density at radius 3 is 1.73 bits per heavy atom. The molecule has 0 bridgehead atoms. The zero-order valence-electron chi connectivity index (χ0n) is 17.7. The maximum absolute atomic E-state index is 12.4. The number of esters is 2. The van der Waals surface area contributed by atoms with Crippen molar-refractivity contribution >= 4 is 17.7 Å². The molecule has 0 aliphatic carbocycles. The fourth-order valence-electron chi connectivity index (χ4n) is 2.08. The number of nitrogens with two attached hydrogens (primary N) is 1. The molecule has 0 unspecified atom stereocenters. The number of hydrogen-bond donors (Lipinski definition) is 2. The number of carbonyl (C=O) groups excluding carboxylic acids is 3. The van der Waals surface area contributed by atoms with Crippen LogP contribution in [0.2, 0.25) is 0 Å². The lowest BCUT2D eigenvalue weighted by Gasteiger charge is -2.27. The second-order valence-electron chi connectivity index (χ2n) is 9.51. The molecule has 3 N–H and O–H groups in total. The van der Waals surface area contributed by atoms with E-state index in [2.05, 4.69) is 5.32 Å². The van der Waals surface area contributed by atoms with E-state index in [1.807, 2.05) is 0 Å². The van der Waals surface area contributed by atoms with Gasteiger partial charge in [0.1, 0.15) is 17.2 Å². The van der Waals surface area contributed by atoms with Gasteiger partial charge in [-0.05, 0) is 41.5 Å². The summed E-state index contributed by atoms with van der Waals surface area (Å²) in [6.45, 7) is 15.9. The summed E-state index contributed by atoms with van der Waals surface area (Å²) < 4.78 is 10.6. The Labute approximate surface area is 157 Å². The summed E-state index contributed by atoms with van der Waals surface area (Å²) in [7, 11) is 0. The number of rotatable bonds is 7. The third kappa shape index (κ3) is 10.5. The Hall–Kier alpha value is -1.47. The van der Waals surface area contributed by atoms with Gasteiger partial charge in [-0.25, -0.2) is 0 Å². The van der Waals surface area contributed by atoms with Crippen LogP contribution in [-0.4, -0.2) is 47.6 Å². The Bertz CT molecular complexity index is 509. The molecule has 0 amide bonds. The summed E-state index contributed by atoms with van der Waals surface area (Å²) in [6.07, 6.45) is -0.206. The highest BCUT2D eigenvalue weighted by molar-refractivity contribution is 5.89. The van der Waals surface area contributed by atoms with Crippen molar-refractivity contribution in [3.05, 3.63) is 0 Å². The lowest BCUT2D eigenvalue weighted by molar-refractivity contribution is -0.164. The molecule has 0 aromatic rings. The number of carbonyl (C=O) groups is 3. The molecule has 0 spiro atoms. The molecule has 0 fully saturated rings. The van der Waals surface area contributed by atoms with Gasteiger partial charge in [0.15, 0.2) is 5.78 Å². The predicted octanol–water partition coefficient (Wildman–Crippen LogP) is 1.96. The van der Waals surface area contributed by atoms with E-state index in [0.717, 1.165) is 0 Å². The van der Waals surface area contributed by atoms with E-state index in [9.17, 15) is 14.4 Å². The second kappa shape index (κ2) is 8.95. The van der Waals surface area contributed by atoms with E-state index < -0.39 is 40.6 Å². The van der Waals surface area contributed by atoms with Gasteiger partial charge in [-0.1, -0.05) is 20.8 Å². The zero-order valence-corrected chi connectivity index (χ0v) is 17.7. The molecule has 0 rings (SSSR count). The van der Waals surface area contributed by atoms with Gasteiger partial charge in [0.05, 0.1) is 12.5 Å². The van der Waals surface area contributed by atoms with E-state index in [1.165, 1.54) is 0 Å². The zero-order chi connectivity index (χ0) is 20.9. The molecule has 0 aromatic carbocycles. The van der Waals surface area contributed by atoms with Crippen LogP contribution in [-0.2, 0) is 23.9 Å². The molecule has 7 heteroatoms. The summed E-state index contributed by atoms with van der Waals surface area (Å²) >= 11 is 0. The molecular formula is C19H36N2O5. The van der Waals surface area contributed by atoms with E-state index >= 15 is 0 Å². The van der Waals surface area contributed by atoms with Gasteiger partial charge in [-0.3, -0.25) is 14.4 Å². The van der Waals surface area contributed by atoms with E-state index in [1.54, 1.807) is 62.3 Å². The monoisotopic (exact) mass is 372 g/mol. The third-order valence-electron chi connectivity index (χ3n) is 3.14. The Morgan fingerprint density at radius 1 is 0.885 bits per heavy atom. The van der Waals surface area contributed by atoms with Crippen molar-refractivity contribution in [3.63, 3.8) is 0 Å². The van der Waals surface area contributed by atoms with Crippen LogP contribution in [0.4, 0.5) is 0 Å². The fourth-order valence-corrected chi connectivity index (χ4v) is 2.08. The molecule has 26 heavy (non-hydrogen) atoms. The summed E-state index contributed by atoms with van der Waals surface area (Å²) in [5.41, 5.74) is 3.98. The van der Waals surface area contributed by atoms with Crippen molar-refractivity contribution in [1.29, 1.82) is 0 Å². The predicted molar refractivity (Wildman–Crippen MR) is 101 cm³/mol. The highest BCUT2D eigenvalue weighted by Gasteiger charge is 2.32. The van der Waals surface area contributed by atoms with Crippen LogP contribution in [0.5, 0.6) is 0 Å². The molecule has 0 saturated carbocycles. The number of ether oxygens (including phenoxy) is 2. The molecule has 0 radical (unpaired) electrons. The number of hydrogen-bond acceptors (Lipinski definition) is 7. The number of nitrogens with one attached hydrogen (secondary N) is 1. The minimum absolute atomic E-state index is 0.0583. The summed E-state index contributed by atoms with van der Waals surface area (Å²) in [5, 5.41) is 2.89. The SMILES string of the molecule is CC(C)(C)OC(=O)C[C@H](NC[C@H](N)C(=O)C(C)(C)C)C(=O)OC(C)(C)C. The molecule has 7 nitrogen and oxygen atoms in total. The third-order valence-corrected chi connectivity index (χ3v) is 3.14. The van der Waals surface area contributed by atoms with Crippen LogP contribution in [0.15, 0.2) is 0 Å². The van der Waals surface area contributed by atoms with Crippen LogP contribution in [0.3, 0.4) is 0 Å². The molecule has 0 saturated heterocycles. The Balaban J connectivity index is 5.07. The molecule has 2 atom stereocenters. The number of ketones is 1. The van der Waals surface area contributed by atoms with Gasteiger partial charge in [0.25, 0.3) is 0 Å². The normalized spacial score (nSPS) is 15.2. The first-order chi connectivity index (χ1) is 11.4. The maximum atomic E-state index is 12.4. The lowest BCUT2D eigenvalue weighted by Crippen LogP contribution is -2.51. The van der Waals surface area contributed by atoms with Crippen molar-refractivity contribution in [2.24, 2.45) is 11.1 Å². The molecule has 0 aliphatic heterocycles. The first kappa shape index (κ1) is 24.5. The van der Waals surface area contributed by atoms with Gasteiger partial charge in [0.2, 0.25) is 0 Å². The largest absolute Gasteiger partial charge is 0.460 e. The summed E-state index contributed by atoms with van der Waals surface area (Å²) in [5.74, 6) is -1.25. The minimum Gasteiger partial charge on any atom is -0.460 e. The van der Waals surface area contributed by atoms with Crippen molar-refractivity contribution < 1.29 is 23.9 Å². The maximum Gasteiger partial charge on any atom is 0.324 e. The van der Waals surface area contributed by atoms with Crippen molar-refractivity contribution in [1.82, 2.24) is 5.32 Å². The Morgan fingerprint density at radius 2 is 1.35 bits per heavy atom. The topological polar surface area (TPSA) is 108 Å². The Kier molecular flexibility index (Phi) is 8.44. The molecule has 0 aliphatic rings. The first-order valence-electron chi connectivity index (χ1n) is 8.90. The average molecular weight is 373 g/mol.